The van der Waals surface area contributed by atoms with Gasteiger partial charge in [-0.2, -0.15) is 0 Å². The molecule has 0 saturated carbocycles. The Hall–Kier alpha value is -2.46. The number of hydrogen-bond donors (Lipinski definition) is 1. The highest BCUT2D eigenvalue weighted by atomic mass is 19.1. The molecule has 22 heavy (non-hydrogen) atoms. The number of benzene rings is 2. The molecule has 2 N–H and O–H groups in total. The van der Waals surface area contributed by atoms with Crippen molar-refractivity contribution in [1.29, 1.82) is 0 Å². The molecular formula is C18H20FN3. The lowest BCUT2D eigenvalue weighted by Crippen LogP contribution is -2.25. The summed E-state index contributed by atoms with van der Waals surface area (Å²) >= 11 is 0. The highest BCUT2D eigenvalue weighted by Crippen LogP contribution is 2.30. The molecule has 2 aromatic rings. The summed E-state index contributed by atoms with van der Waals surface area (Å²) in [6, 6.07) is 12.1. The smallest absolute Gasteiger partial charge is 0.123 e. The molecule has 0 fully saturated rings. The molecule has 0 aromatic heterocycles. The van der Waals surface area contributed by atoms with E-state index in [1.807, 2.05) is 18.2 Å². The lowest BCUT2D eigenvalue weighted by atomic mass is 10.0. The van der Waals surface area contributed by atoms with E-state index in [2.05, 4.69) is 18.5 Å². The summed E-state index contributed by atoms with van der Waals surface area (Å²) in [6.07, 6.45) is 2.57. The van der Waals surface area contributed by atoms with E-state index in [0.29, 0.717) is 0 Å². The number of halogens is 1. The monoisotopic (exact) mass is 297 g/mol. The Labute approximate surface area is 130 Å². The third-order valence-electron chi connectivity index (χ3n) is 3.41. The van der Waals surface area contributed by atoms with Crippen LogP contribution in [0.2, 0.25) is 0 Å². The summed E-state index contributed by atoms with van der Waals surface area (Å²) in [7, 11) is 1.76. The van der Waals surface area contributed by atoms with Crippen LogP contribution in [-0.4, -0.2) is 13.3 Å². The first-order chi connectivity index (χ1) is 10.5. The largest absolute Gasteiger partial charge is 0.312 e. The fourth-order valence-corrected chi connectivity index (χ4v) is 2.04. The molecule has 2 aromatic carbocycles. The molecule has 0 aliphatic heterocycles. The van der Waals surface area contributed by atoms with Crippen LogP contribution in [0, 0.1) is 5.82 Å². The van der Waals surface area contributed by atoms with Crippen LogP contribution in [0.25, 0.3) is 5.57 Å². The third kappa shape index (κ3) is 3.80. The molecule has 0 aliphatic rings. The minimum atomic E-state index is -0.263. The Balaban J connectivity index is 2.38. The minimum Gasteiger partial charge on any atom is -0.312 e. The number of rotatable bonds is 5. The summed E-state index contributed by atoms with van der Waals surface area (Å²) < 4.78 is 12.9. The number of nitrogens with zero attached hydrogens (tertiary/aromatic N) is 2. The van der Waals surface area contributed by atoms with Gasteiger partial charge in [-0.1, -0.05) is 31.7 Å². The lowest BCUT2D eigenvalue weighted by molar-refractivity contribution is 0.628. The highest BCUT2D eigenvalue weighted by molar-refractivity contribution is 5.85. The minimum absolute atomic E-state index is 0.263. The predicted octanol–water partition coefficient (Wildman–Crippen LogP) is 4.31. The average Bonchev–Trinajstić information content (AvgIpc) is 2.53. The first-order valence-electron chi connectivity index (χ1n) is 7.11. The quantitative estimate of drug-likeness (QED) is 0.507. The fraction of sp³-hybridized carbons (Fsp3) is 0.167. The standard InChI is InChI=1S/C18H20FN3/c1-4-13(2)15-7-10-18(22(3)20)17(11-15)21-12-14-5-8-16(19)9-6-14/h5-12H,2,4,20H2,1,3H3. The highest BCUT2D eigenvalue weighted by Gasteiger charge is 2.06. The molecule has 0 bridgehead atoms. The van der Waals surface area contributed by atoms with E-state index < -0.39 is 0 Å². The van der Waals surface area contributed by atoms with Crippen LogP contribution in [-0.2, 0) is 0 Å². The normalized spacial score (nSPS) is 10.9. The molecule has 0 amide bonds. The van der Waals surface area contributed by atoms with Gasteiger partial charge in [-0.3, -0.25) is 4.99 Å². The number of aliphatic imine (C=N–C) groups is 1. The molecule has 0 atom stereocenters. The van der Waals surface area contributed by atoms with Gasteiger partial charge >= 0.3 is 0 Å². The number of hydrogen-bond acceptors (Lipinski definition) is 3. The van der Waals surface area contributed by atoms with Crippen molar-refractivity contribution in [2.75, 3.05) is 12.1 Å². The van der Waals surface area contributed by atoms with E-state index in [9.17, 15) is 4.39 Å². The SMILES string of the molecule is C=C(CC)c1ccc(N(C)N)c(N=Cc2ccc(F)cc2)c1. The van der Waals surface area contributed by atoms with E-state index >= 15 is 0 Å². The zero-order chi connectivity index (χ0) is 16.1. The van der Waals surface area contributed by atoms with E-state index in [1.54, 1.807) is 25.4 Å². The maximum absolute atomic E-state index is 12.9. The van der Waals surface area contributed by atoms with Crippen LogP contribution in [0.3, 0.4) is 0 Å². The van der Waals surface area contributed by atoms with E-state index in [4.69, 9.17) is 5.84 Å². The Morgan fingerprint density at radius 2 is 1.95 bits per heavy atom. The van der Waals surface area contributed by atoms with Crippen molar-refractivity contribution >= 4 is 23.2 Å². The first kappa shape index (κ1) is 15.9. The summed E-state index contributed by atoms with van der Waals surface area (Å²) in [4.78, 5) is 4.49. The molecule has 0 saturated heterocycles. The average molecular weight is 297 g/mol. The molecule has 0 spiro atoms. The Bertz CT molecular complexity index is 688. The number of nitrogens with two attached hydrogens (primary N) is 1. The maximum Gasteiger partial charge on any atom is 0.123 e. The van der Waals surface area contributed by atoms with Crippen molar-refractivity contribution in [2.24, 2.45) is 10.8 Å². The number of anilines is 1. The van der Waals surface area contributed by atoms with Crippen LogP contribution in [0.1, 0.15) is 24.5 Å². The molecule has 0 unspecified atom stereocenters. The molecule has 2 rings (SSSR count). The second-order valence-electron chi connectivity index (χ2n) is 5.08. The Morgan fingerprint density at radius 1 is 1.27 bits per heavy atom. The Kier molecular flexibility index (Phi) is 5.07. The van der Waals surface area contributed by atoms with Gasteiger partial charge in [0, 0.05) is 13.3 Å². The summed E-state index contributed by atoms with van der Waals surface area (Å²) in [5.74, 6) is 5.59. The molecule has 4 heteroatoms. The fourth-order valence-electron chi connectivity index (χ4n) is 2.04. The van der Waals surface area contributed by atoms with Crippen LogP contribution < -0.4 is 10.9 Å². The van der Waals surface area contributed by atoms with Gasteiger partial charge in [-0.25, -0.2) is 10.2 Å². The van der Waals surface area contributed by atoms with Crippen LogP contribution >= 0.6 is 0 Å². The molecule has 0 aliphatic carbocycles. The second-order valence-corrected chi connectivity index (χ2v) is 5.08. The van der Waals surface area contributed by atoms with E-state index in [-0.39, 0.29) is 5.82 Å². The van der Waals surface area contributed by atoms with Crippen LogP contribution in [0.4, 0.5) is 15.8 Å². The van der Waals surface area contributed by atoms with Gasteiger partial charge in [-0.05, 0) is 47.4 Å². The van der Waals surface area contributed by atoms with Gasteiger partial charge in [0.15, 0.2) is 0 Å². The Morgan fingerprint density at radius 3 is 2.55 bits per heavy atom. The van der Waals surface area contributed by atoms with Crippen molar-refractivity contribution in [3.63, 3.8) is 0 Å². The molecule has 114 valence electrons. The van der Waals surface area contributed by atoms with Gasteiger partial charge in [-0.15, -0.1) is 0 Å². The molecule has 3 nitrogen and oxygen atoms in total. The molecule has 0 heterocycles. The van der Waals surface area contributed by atoms with Crippen molar-refractivity contribution in [1.82, 2.24) is 0 Å². The van der Waals surface area contributed by atoms with E-state index in [0.717, 1.165) is 34.5 Å². The summed E-state index contributed by atoms with van der Waals surface area (Å²) in [6.45, 7) is 6.11. The van der Waals surface area contributed by atoms with Gasteiger partial charge < -0.3 is 5.01 Å². The molecular weight excluding hydrogens is 277 g/mol. The number of hydrazine groups is 1. The third-order valence-corrected chi connectivity index (χ3v) is 3.41. The van der Waals surface area contributed by atoms with Crippen molar-refractivity contribution in [3.8, 4) is 0 Å². The summed E-state index contributed by atoms with van der Waals surface area (Å²) in [5.41, 5.74) is 4.47. The topological polar surface area (TPSA) is 41.6 Å². The van der Waals surface area contributed by atoms with Gasteiger partial charge in [0.2, 0.25) is 0 Å². The van der Waals surface area contributed by atoms with Crippen molar-refractivity contribution in [2.45, 2.75) is 13.3 Å². The van der Waals surface area contributed by atoms with Gasteiger partial charge in [0.1, 0.15) is 5.82 Å². The second kappa shape index (κ2) is 7.00. The van der Waals surface area contributed by atoms with Gasteiger partial charge in [0.05, 0.1) is 11.4 Å². The first-order valence-corrected chi connectivity index (χ1v) is 7.11. The van der Waals surface area contributed by atoms with Crippen molar-refractivity contribution in [3.05, 3.63) is 66.0 Å². The van der Waals surface area contributed by atoms with Crippen LogP contribution in [0.5, 0.6) is 0 Å². The zero-order valence-electron chi connectivity index (χ0n) is 12.9. The van der Waals surface area contributed by atoms with Crippen molar-refractivity contribution < 1.29 is 4.39 Å². The molecule has 0 radical (unpaired) electrons. The number of allylic oxidation sites excluding steroid dienone is 1. The van der Waals surface area contributed by atoms with Gasteiger partial charge in [0.25, 0.3) is 0 Å². The maximum atomic E-state index is 12.9. The summed E-state index contributed by atoms with van der Waals surface area (Å²) in [5, 5.41) is 1.52. The predicted molar refractivity (Wildman–Crippen MR) is 92.0 cm³/mol. The zero-order valence-corrected chi connectivity index (χ0v) is 12.9. The van der Waals surface area contributed by atoms with E-state index in [1.165, 1.54) is 17.1 Å². The van der Waals surface area contributed by atoms with Crippen LogP contribution in [0.15, 0.2) is 54.0 Å². The lowest BCUT2D eigenvalue weighted by Gasteiger charge is -2.16.